The molecule has 1 N–H and O–H groups in total. The highest BCUT2D eigenvalue weighted by Gasteiger charge is 2.27. The van der Waals surface area contributed by atoms with Crippen molar-refractivity contribution in [3.63, 3.8) is 0 Å². The first-order chi connectivity index (χ1) is 8.61. The minimum Gasteiger partial charge on any atom is -0.351 e. The first kappa shape index (κ1) is 13.0. The summed E-state index contributed by atoms with van der Waals surface area (Å²) in [5.41, 5.74) is 0.184. The molecule has 1 aliphatic carbocycles. The molecule has 1 aromatic heterocycles. The number of rotatable bonds is 3. The molecule has 0 saturated heterocycles. The fourth-order valence-corrected chi connectivity index (χ4v) is 2.53. The number of hydrogen-bond acceptors (Lipinski definition) is 2. The highest BCUT2D eigenvalue weighted by molar-refractivity contribution is 5.94. The number of halogens is 1. The van der Waals surface area contributed by atoms with Gasteiger partial charge < -0.3 is 5.32 Å². The Labute approximate surface area is 107 Å². The van der Waals surface area contributed by atoms with Crippen LogP contribution in [0, 0.1) is 11.4 Å². The van der Waals surface area contributed by atoms with Crippen LogP contribution in [0.4, 0.5) is 4.39 Å². The molecule has 1 aromatic rings. The summed E-state index contributed by atoms with van der Waals surface area (Å²) >= 11 is 0. The van der Waals surface area contributed by atoms with Gasteiger partial charge in [0.05, 0.1) is 5.56 Å². The van der Waals surface area contributed by atoms with Gasteiger partial charge in [0.2, 0.25) is 5.95 Å². The van der Waals surface area contributed by atoms with E-state index in [9.17, 15) is 9.18 Å². The zero-order chi connectivity index (χ0) is 13.0. The van der Waals surface area contributed by atoms with Crippen LogP contribution in [0.15, 0.2) is 18.3 Å². The van der Waals surface area contributed by atoms with Crippen molar-refractivity contribution < 1.29 is 9.18 Å². The van der Waals surface area contributed by atoms with Gasteiger partial charge in [0.15, 0.2) is 0 Å². The largest absolute Gasteiger partial charge is 0.351 e. The van der Waals surface area contributed by atoms with Crippen molar-refractivity contribution in [3.05, 3.63) is 29.8 Å². The van der Waals surface area contributed by atoms with Gasteiger partial charge in [0.25, 0.3) is 5.91 Å². The van der Waals surface area contributed by atoms with Crippen LogP contribution in [0.25, 0.3) is 0 Å². The molecule has 0 aliphatic heterocycles. The third kappa shape index (κ3) is 3.06. The lowest BCUT2D eigenvalue weighted by Crippen LogP contribution is -2.37. The van der Waals surface area contributed by atoms with Crippen LogP contribution in [0.3, 0.4) is 0 Å². The molecule has 1 saturated carbocycles. The van der Waals surface area contributed by atoms with Crippen molar-refractivity contribution in [2.24, 2.45) is 5.41 Å². The van der Waals surface area contributed by atoms with Gasteiger partial charge >= 0.3 is 0 Å². The van der Waals surface area contributed by atoms with E-state index in [0.29, 0.717) is 6.54 Å². The zero-order valence-corrected chi connectivity index (χ0v) is 10.7. The molecule has 0 bridgehead atoms. The molecule has 0 radical (unpaired) electrons. The van der Waals surface area contributed by atoms with Crippen LogP contribution in [0.1, 0.15) is 49.4 Å². The van der Waals surface area contributed by atoms with Crippen molar-refractivity contribution in [2.45, 2.75) is 39.0 Å². The van der Waals surface area contributed by atoms with Crippen molar-refractivity contribution >= 4 is 5.91 Å². The number of aromatic nitrogens is 1. The number of hydrogen-bond donors (Lipinski definition) is 1. The highest BCUT2D eigenvalue weighted by atomic mass is 19.1. The van der Waals surface area contributed by atoms with E-state index in [1.54, 1.807) is 6.07 Å². The minimum atomic E-state index is -0.705. The summed E-state index contributed by atoms with van der Waals surface area (Å²) in [6.07, 6.45) is 7.31. The third-order valence-corrected chi connectivity index (χ3v) is 3.74. The van der Waals surface area contributed by atoms with Gasteiger partial charge in [-0.15, -0.1) is 0 Å². The van der Waals surface area contributed by atoms with Gasteiger partial charge in [-0.05, 0) is 30.4 Å². The molecule has 0 spiro atoms. The topological polar surface area (TPSA) is 42.0 Å². The van der Waals surface area contributed by atoms with Gasteiger partial charge in [-0.3, -0.25) is 4.79 Å². The second kappa shape index (κ2) is 5.46. The van der Waals surface area contributed by atoms with Gasteiger partial charge in [-0.2, -0.15) is 4.39 Å². The molecule has 0 unspecified atom stereocenters. The molecular weight excluding hydrogens is 231 g/mol. The molecule has 0 atom stereocenters. The Bertz CT molecular complexity index is 428. The van der Waals surface area contributed by atoms with E-state index < -0.39 is 5.95 Å². The molecule has 1 aliphatic rings. The number of pyridine rings is 1. The standard InChI is InChI=1S/C14H19FN2O/c1-14(7-3-2-4-8-14)10-17-13(18)11-6-5-9-16-12(11)15/h5-6,9H,2-4,7-8,10H2,1H3,(H,17,18). The van der Waals surface area contributed by atoms with E-state index >= 15 is 0 Å². The molecule has 18 heavy (non-hydrogen) atoms. The van der Waals surface area contributed by atoms with E-state index in [0.717, 1.165) is 12.8 Å². The fraction of sp³-hybridized carbons (Fsp3) is 0.571. The summed E-state index contributed by atoms with van der Waals surface area (Å²) in [5.74, 6) is -1.07. The monoisotopic (exact) mass is 250 g/mol. The van der Waals surface area contributed by atoms with E-state index in [4.69, 9.17) is 0 Å². The van der Waals surface area contributed by atoms with Gasteiger partial charge in [0, 0.05) is 12.7 Å². The number of nitrogens with one attached hydrogen (secondary N) is 1. The normalized spacial score (nSPS) is 18.3. The van der Waals surface area contributed by atoms with Crippen molar-refractivity contribution in [1.82, 2.24) is 10.3 Å². The quantitative estimate of drug-likeness (QED) is 0.838. The van der Waals surface area contributed by atoms with E-state index in [2.05, 4.69) is 17.2 Å². The molecule has 1 amide bonds. The zero-order valence-electron chi connectivity index (χ0n) is 10.7. The molecular formula is C14H19FN2O. The van der Waals surface area contributed by atoms with Crippen molar-refractivity contribution in [1.29, 1.82) is 0 Å². The highest BCUT2D eigenvalue weighted by Crippen LogP contribution is 2.34. The summed E-state index contributed by atoms with van der Waals surface area (Å²) in [7, 11) is 0. The third-order valence-electron chi connectivity index (χ3n) is 3.74. The van der Waals surface area contributed by atoms with Gasteiger partial charge in [0.1, 0.15) is 0 Å². The van der Waals surface area contributed by atoms with Gasteiger partial charge in [-0.25, -0.2) is 4.98 Å². The Morgan fingerprint density at radius 1 is 1.44 bits per heavy atom. The SMILES string of the molecule is CC1(CNC(=O)c2cccnc2F)CCCCC1. The minimum absolute atomic E-state index is 0.0249. The average Bonchev–Trinajstić information content (AvgIpc) is 2.38. The molecule has 1 fully saturated rings. The summed E-state index contributed by atoms with van der Waals surface area (Å²) in [6, 6.07) is 3.03. The van der Waals surface area contributed by atoms with Crippen LogP contribution in [-0.2, 0) is 0 Å². The first-order valence-electron chi connectivity index (χ1n) is 6.49. The lowest BCUT2D eigenvalue weighted by Gasteiger charge is -2.33. The summed E-state index contributed by atoms with van der Waals surface area (Å²) in [6.45, 7) is 2.80. The van der Waals surface area contributed by atoms with E-state index in [1.807, 2.05) is 0 Å². The van der Waals surface area contributed by atoms with Crippen molar-refractivity contribution in [2.75, 3.05) is 6.54 Å². The number of carbonyl (C=O) groups excluding carboxylic acids is 1. The second-order valence-electron chi connectivity index (χ2n) is 5.40. The molecule has 0 aromatic carbocycles. The number of amides is 1. The Morgan fingerprint density at radius 2 is 2.17 bits per heavy atom. The van der Waals surface area contributed by atoms with Crippen molar-refractivity contribution in [3.8, 4) is 0 Å². The van der Waals surface area contributed by atoms with E-state index in [1.165, 1.54) is 31.5 Å². The van der Waals surface area contributed by atoms with Crippen LogP contribution in [0.5, 0.6) is 0 Å². The summed E-state index contributed by atoms with van der Waals surface area (Å²) in [4.78, 5) is 15.3. The lowest BCUT2D eigenvalue weighted by molar-refractivity contribution is 0.0914. The van der Waals surface area contributed by atoms with Gasteiger partial charge in [-0.1, -0.05) is 26.2 Å². The van der Waals surface area contributed by atoms with Crippen LogP contribution in [-0.4, -0.2) is 17.4 Å². The summed E-state index contributed by atoms with van der Waals surface area (Å²) < 4.78 is 13.3. The summed E-state index contributed by atoms with van der Waals surface area (Å²) in [5, 5.41) is 2.83. The fourth-order valence-electron chi connectivity index (χ4n) is 2.53. The lowest BCUT2D eigenvalue weighted by atomic mass is 9.76. The molecule has 1 heterocycles. The van der Waals surface area contributed by atoms with E-state index in [-0.39, 0.29) is 16.9 Å². The first-order valence-corrected chi connectivity index (χ1v) is 6.49. The second-order valence-corrected chi connectivity index (χ2v) is 5.40. The average molecular weight is 250 g/mol. The Balaban J connectivity index is 1.94. The van der Waals surface area contributed by atoms with Crippen LogP contribution in [0.2, 0.25) is 0 Å². The Hall–Kier alpha value is -1.45. The van der Waals surface area contributed by atoms with Crippen LogP contribution >= 0.6 is 0 Å². The molecule has 3 nitrogen and oxygen atoms in total. The predicted octanol–water partition coefficient (Wildman–Crippen LogP) is 2.92. The Kier molecular flexibility index (Phi) is 3.94. The Morgan fingerprint density at radius 3 is 2.83 bits per heavy atom. The molecule has 98 valence electrons. The smallest absolute Gasteiger partial charge is 0.255 e. The number of nitrogens with zero attached hydrogens (tertiary/aromatic N) is 1. The maximum absolute atomic E-state index is 13.3. The maximum Gasteiger partial charge on any atom is 0.255 e. The molecule has 2 rings (SSSR count). The van der Waals surface area contributed by atoms with Crippen LogP contribution < -0.4 is 5.32 Å². The number of carbonyl (C=O) groups is 1. The molecule has 4 heteroatoms. The predicted molar refractivity (Wildman–Crippen MR) is 67.7 cm³/mol. The maximum atomic E-state index is 13.3.